The second kappa shape index (κ2) is 6.52. The van der Waals surface area contributed by atoms with Crippen LogP contribution >= 0.6 is 0 Å². The number of ketones is 2. The maximum Gasteiger partial charge on any atom is 0.229 e. The first kappa shape index (κ1) is 16.1. The van der Waals surface area contributed by atoms with Crippen molar-refractivity contribution in [3.63, 3.8) is 0 Å². The normalized spacial score (nSPS) is 15.4. The smallest absolute Gasteiger partial charge is 0.229 e. The lowest BCUT2D eigenvalue weighted by Gasteiger charge is -2.07. The first-order valence-electron chi connectivity index (χ1n) is 8.15. The van der Waals surface area contributed by atoms with Crippen LogP contribution in [0.15, 0.2) is 66.9 Å². The zero-order chi connectivity index (χ0) is 18.1. The summed E-state index contributed by atoms with van der Waals surface area (Å²) in [6.45, 7) is 0. The molecule has 4 nitrogen and oxygen atoms in total. The molecule has 0 saturated heterocycles. The van der Waals surface area contributed by atoms with Gasteiger partial charge >= 0.3 is 0 Å². The van der Waals surface area contributed by atoms with Crippen molar-refractivity contribution in [1.29, 1.82) is 0 Å². The summed E-state index contributed by atoms with van der Waals surface area (Å²) in [6.07, 6.45) is 0.862. The van der Waals surface area contributed by atoms with Crippen LogP contribution in [0.1, 0.15) is 32.0 Å². The van der Waals surface area contributed by atoms with E-state index < -0.39 is 11.9 Å². The van der Waals surface area contributed by atoms with Crippen molar-refractivity contribution in [3.05, 3.63) is 95.1 Å². The van der Waals surface area contributed by atoms with Gasteiger partial charge in [-0.15, -0.1) is 0 Å². The molecule has 2 aromatic carbocycles. The van der Waals surface area contributed by atoms with Crippen molar-refractivity contribution in [1.82, 2.24) is 4.98 Å². The number of benzene rings is 2. The van der Waals surface area contributed by atoms with Gasteiger partial charge in [0.1, 0.15) is 17.3 Å². The zero-order valence-electron chi connectivity index (χ0n) is 13.7. The lowest BCUT2D eigenvalue weighted by atomic mass is 9.99. The zero-order valence-corrected chi connectivity index (χ0v) is 13.7. The van der Waals surface area contributed by atoms with Gasteiger partial charge in [0.2, 0.25) is 17.7 Å². The van der Waals surface area contributed by atoms with Crippen molar-refractivity contribution < 1.29 is 18.7 Å². The molecule has 1 aromatic heterocycles. The van der Waals surface area contributed by atoms with Crippen molar-refractivity contribution in [3.8, 4) is 5.75 Å². The Balaban J connectivity index is 1.57. The second-order valence-corrected chi connectivity index (χ2v) is 6.08. The van der Waals surface area contributed by atoms with Crippen molar-refractivity contribution >= 4 is 11.6 Å². The van der Waals surface area contributed by atoms with Gasteiger partial charge < -0.3 is 4.74 Å². The average Bonchev–Trinajstić information content (AvgIpc) is 3.00. The Kier molecular flexibility index (Phi) is 4.05. The van der Waals surface area contributed by atoms with Gasteiger partial charge in [-0.25, -0.2) is 4.39 Å². The summed E-state index contributed by atoms with van der Waals surface area (Å²) in [5.74, 6) is -0.710. The number of carbonyl (C=O) groups is 2. The summed E-state index contributed by atoms with van der Waals surface area (Å²) < 4.78 is 18.6. The first-order valence-corrected chi connectivity index (χ1v) is 8.15. The lowest BCUT2D eigenvalue weighted by Crippen LogP contribution is -2.31. The first-order chi connectivity index (χ1) is 12.6. The summed E-state index contributed by atoms with van der Waals surface area (Å²) in [5.41, 5.74) is 2.40. The van der Waals surface area contributed by atoms with Crippen LogP contribution in [-0.2, 0) is 6.42 Å². The van der Waals surface area contributed by atoms with Gasteiger partial charge in [-0.2, -0.15) is 0 Å². The molecule has 2 heterocycles. The maximum atomic E-state index is 13.0. The molecule has 26 heavy (non-hydrogen) atoms. The van der Waals surface area contributed by atoms with Crippen molar-refractivity contribution in [2.45, 2.75) is 12.5 Å². The van der Waals surface area contributed by atoms with E-state index in [1.807, 2.05) is 6.07 Å². The minimum atomic E-state index is -1.19. The molecule has 0 N–H and O–H groups in total. The molecule has 128 valence electrons. The van der Waals surface area contributed by atoms with Crippen LogP contribution in [0.2, 0.25) is 0 Å². The van der Waals surface area contributed by atoms with Crippen LogP contribution in [0.4, 0.5) is 4.39 Å². The van der Waals surface area contributed by atoms with Gasteiger partial charge in [0.05, 0.1) is 5.56 Å². The molecule has 3 aromatic rings. The largest absolute Gasteiger partial charge is 0.473 e. The Morgan fingerprint density at radius 3 is 2.54 bits per heavy atom. The van der Waals surface area contributed by atoms with Crippen LogP contribution in [0, 0.1) is 5.82 Å². The van der Waals surface area contributed by atoms with Crippen LogP contribution in [-0.4, -0.2) is 22.7 Å². The molecule has 1 aliphatic rings. The number of carbonyl (C=O) groups excluding carboxylic acids is 2. The number of hydrogen-bond acceptors (Lipinski definition) is 4. The summed E-state index contributed by atoms with van der Waals surface area (Å²) in [5, 5.41) is 0. The van der Waals surface area contributed by atoms with E-state index in [0.717, 1.165) is 11.1 Å². The number of aromatic nitrogens is 1. The predicted molar refractivity (Wildman–Crippen MR) is 93.0 cm³/mol. The highest BCUT2D eigenvalue weighted by Crippen LogP contribution is 2.31. The highest BCUT2D eigenvalue weighted by atomic mass is 19.1. The minimum Gasteiger partial charge on any atom is -0.473 e. The molecular formula is C21H14FNO3. The number of hydrogen-bond donors (Lipinski definition) is 0. The van der Waals surface area contributed by atoms with Crippen LogP contribution in [0.3, 0.4) is 0 Å². The Morgan fingerprint density at radius 2 is 1.81 bits per heavy atom. The second-order valence-electron chi connectivity index (χ2n) is 6.08. The van der Waals surface area contributed by atoms with Gasteiger partial charge in [0, 0.05) is 6.20 Å². The topological polar surface area (TPSA) is 56.3 Å². The van der Waals surface area contributed by atoms with E-state index in [0.29, 0.717) is 17.7 Å². The molecule has 1 atom stereocenters. The van der Waals surface area contributed by atoms with E-state index >= 15 is 0 Å². The summed E-state index contributed by atoms with van der Waals surface area (Å²) >= 11 is 0. The van der Waals surface area contributed by atoms with Gasteiger partial charge in [-0.05, 0) is 53.9 Å². The van der Waals surface area contributed by atoms with E-state index in [4.69, 9.17) is 4.74 Å². The van der Waals surface area contributed by atoms with E-state index in [2.05, 4.69) is 4.98 Å². The molecule has 0 spiro atoms. The third-order valence-corrected chi connectivity index (χ3v) is 4.27. The van der Waals surface area contributed by atoms with Gasteiger partial charge in [-0.3, -0.25) is 14.6 Å². The Labute approximate surface area is 149 Å². The molecule has 0 radical (unpaired) electrons. The molecule has 0 saturated carbocycles. The number of rotatable bonds is 4. The minimum absolute atomic E-state index is 0.199. The standard InChI is InChI=1S/C21H14FNO3/c22-15-7-4-13(5-8-15)11-14-6-9-18-16(12-14)19(24)21(26-18)20(25)17-3-1-2-10-23-17/h1-10,12,21H,11H2. The van der Waals surface area contributed by atoms with Crippen LogP contribution < -0.4 is 4.74 Å². The fourth-order valence-electron chi connectivity index (χ4n) is 2.96. The molecule has 4 rings (SSSR count). The molecule has 1 aliphatic heterocycles. The van der Waals surface area contributed by atoms with E-state index in [1.54, 1.807) is 42.5 Å². The third kappa shape index (κ3) is 2.99. The van der Waals surface area contributed by atoms with Crippen LogP contribution in [0.25, 0.3) is 0 Å². The highest BCUT2D eigenvalue weighted by molar-refractivity contribution is 6.20. The Morgan fingerprint density at radius 1 is 1.04 bits per heavy atom. The van der Waals surface area contributed by atoms with E-state index in [1.165, 1.54) is 18.3 Å². The number of pyridine rings is 1. The number of nitrogens with zero attached hydrogens (tertiary/aromatic N) is 1. The third-order valence-electron chi connectivity index (χ3n) is 4.27. The number of Topliss-reactive ketones (excluding diaryl/α,β-unsaturated/α-hetero) is 2. The highest BCUT2D eigenvalue weighted by Gasteiger charge is 2.38. The van der Waals surface area contributed by atoms with E-state index in [-0.39, 0.29) is 17.3 Å². The fraction of sp³-hybridized carbons (Fsp3) is 0.0952. The Hall–Kier alpha value is -3.34. The van der Waals surface area contributed by atoms with E-state index in [9.17, 15) is 14.0 Å². The van der Waals surface area contributed by atoms with Gasteiger partial charge in [-0.1, -0.05) is 24.3 Å². The summed E-state index contributed by atoms with van der Waals surface area (Å²) in [7, 11) is 0. The maximum absolute atomic E-state index is 13.0. The molecule has 0 aliphatic carbocycles. The fourth-order valence-corrected chi connectivity index (χ4v) is 2.96. The van der Waals surface area contributed by atoms with Crippen molar-refractivity contribution in [2.24, 2.45) is 0 Å². The predicted octanol–water partition coefficient (Wildman–Crippen LogP) is 3.64. The summed E-state index contributed by atoms with van der Waals surface area (Å²) in [4.78, 5) is 29.1. The molecular weight excluding hydrogens is 333 g/mol. The molecule has 0 amide bonds. The van der Waals surface area contributed by atoms with Crippen molar-refractivity contribution in [2.75, 3.05) is 0 Å². The molecule has 5 heteroatoms. The number of fused-ring (bicyclic) bond motifs is 1. The number of ether oxygens (including phenoxy) is 1. The van der Waals surface area contributed by atoms with Gasteiger partial charge in [0.15, 0.2) is 0 Å². The molecule has 1 unspecified atom stereocenters. The molecule has 0 bridgehead atoms. The number of halogens is 1. The summed E-state index contributed by atoms with van der Waals surface area (Å²) in [6, 6.07) is 16.4. The van der Waals surface area contributed by atoms with Gasteiger partial charge in [0.25, 0.3) is 0 Å². The Bertz CT molecular complexity index is 984. The molecule has 0 fully saturated rings. The SMILES string of the molecule is O=C(c1ccccn1)C1Oc2ccc(Cc3ccc(F)cc3)cc2C1=O. The monoisotopic (exact) mass is 347 g/mol. The average molecular weight is 347 g/mol. The van der Waals surface area contributed by atoms with Crippen LogP contribution in [0.5, 0.6) is 5.75 Å². The quantitative estimate of drug-likeness (QED) is 0.534. The lowest BCUT2D eigenvalue weighted by molar-refractivity contribution is 0.0716.